The summed E-state index contributed by atoms with van der Waals surface area (Å²) in [7, 11) is 0. The molecule has 0 saturated carbocycles. The highest BCUT2D eigenvalue weighted by atomic mass is 32.2. The zero-order valence-electron chi connectivity index (χ0n) is 10.00. The van der Waals surface area contributed by atoms with Crippen LogP contribution in [0.25, 0.3) is 0 Å². The zero-order valence-corrected chi connectivity index (χ0v) is 12.4. The summed E-state index contributed by atoms with van der Waals surface area (Å²) in [6.07, 6.45) is 3.15. The van der Waals surface area contributed by atoms with E-state index in [1.54, 1.807) is 11.8 Å². The Bertz CT molecular complexity index is 460. The number of anilines is 1. The van der Waals surface area contributed by atoms with Crippen molar-refractivity contribution < 1.29 is 14.7 Å². The molecule has 0 radical (unpaired) electrons. The molecular formula is C10H13N3O3S3. The molecule has 6 nitrogen and oxygen atoms in total. The number of hydrogen-bond donors (Lipinski definition) is 2. The van der Waals surface area contributed by atoms with Crippen LogP contribution in [0.2, 0.25) is 0 Å². The SMILES string of the molecule is O=C(O)CSc1nnc(NC(=O)C2CCCCS2)s1. The minimum atomic E-state index is -0.899. The van der Waals surface area contributed by atoms with Gasteiger partial charge in [-0.05, 0) is 18.6 Å². The molecule has 0 bridgehead atoms. The van der Waals surface area contributed by atoms with Crippen molar-refractivity contribution in [1.29, 1.82) is 0 Å². The smallest absolute Gasteiger partial charge is 0.313 e. The molecule has 2 heterocycles. The third kappa shape index (κ3) is 4.66. The first-order valence-electron chi connectivity index (χ1n) is 5.75. The average molecular weight is 319 g/mol. The monoisotopic (exact) mass is 319 g/mol. The number of aromatic nitrogens is 2. The lowest BCUT2D eigenvalue weighted by Gasteiger charge is -2.19. The number of nitrogens with one attached hydrogen (secondary N) is 1. The summed E-state index contributed by atoms with van der Waals surface area (Å²) in [5.41, 5.74) is 0. The largest absolute Gasteiger partial charge is 0.481 e. The molecule has 104 valence electrons. The quantitative estimate of drug-likeness (QED) is 0.633. The van der Waals surface area contributed by atoms with Gasteiger partial charge in [-0.1, -0.05) is 29.5 Å². The van der Waals surface area contributed by atoms with Gasteiger partial charge < -0.3 is 5.11 Å². The minimum Gasteiger partial charge on any atom is -0.481 e. The number of hydrogen-bond acceptors (Lipinski definition) is 7. The van der Waals surface area contributed by atoms with Gasteiger partial charge in [-0.2, -0.15) is 0 Å². The van der Waals surface area contributed by atoms with Crippen LogP contribution in [0.1, 0.15) is 19.3 Å². The van der Waals surface area contributed by atoms with Crippen molar-refractivity contribution in [3.63, 3.8) is 0 Å². The van der Waals surface area contributed by atoms with Crippen LogP contribution in [0.3, 0.4) is 0 Å². The van der Waals surface area contributed by atoms with Crippen molar-refractivity contribution in [2.45, 2.75) is 28.9 Å². The summed E-state index contributed by atoms with van der Waals surface area (Å²) < 4.78 is 0.550. The highest BCUT2D eigenvalue weighted by molar-refractivity contribution is 8.01. The van der Waals surface area contributed by atoms with Crippen molar-refractivity contribution in [2.24, 2.45) is 0 Å². The van der Waals surface area contributed by atoms with E-state index >= 15 is 0 Å². The first kappa shape index (κ1) is 14.6. The number of thioether (sulfide) groups is 2. The molecule has 0 spiro atoms. The van der Waals surface area contributed by atoms with Crippen LogP contribution >= 0.6 is 34.9 Å². The molecule has 1 aromatic rings. The van der Waals surface area contributed by atoms with Gasteiger partial charge in [0.25, 0.3) is 0 Å². The number of carboxylic acid groups (broad SMARTS) is 1. The van der Waals surface area contributed by atoms with Gasteiger partial charge in [0.15, 0.2) is 4.34 Å². The molecule has 1 aliphatic heterocycles. The van der Waals surface area contributed by atoms with Crippen LogP contribution in [0.4, 0.5) is 5.13 Å². The lowest BCUT2D eigenvalue weighted by molar-refractivity contribution is -0.133. The predicted molar refractivity (Wildman–Crippen MR) is 77.0 cm³/mol. The van der Waals surface area contributed by atoms with E-state index in [-0.39, 0.29) is 16.9 Å². The maximum absolute atomic E-state index is 11.9. The Morgan fingerprint density at radius 2 is 2.26 bits per heavy atom. The first-order valence-corrected chi connectivity index (χ1v) is 8.61. The van der Waals surface area contributed by atoms with E-state index in [9.17, 15) is 9.59 Å². The van der Waals surface area contributed by atoms with E-state index in [0.717, 1.165) is 30.4 Å². The Kier molecular flexibility index (Phi) is 5.46. The molecule has 19 heavy (non-hydrogen) atoms. The van der Waals surface area contributed by atoms with E-state index in [2.05, 4.69) is 15.5 Å². The number of amides is 1. The first-order chi connectivity index (χ1) is 9.15. The Morgan fingerprint density at radius 3 is 2.95 bits per heavy atom. The van der Waals surface area contributed by atoms with Crippen LogP contribution < -0.4 is 5.32 Å². The Morgan fingerprint density at radius 1 is 1.42 bits per heavy atom. The standard InChI is InChI=1S/C10H13N3O3S3/c14-7(15)5-18-10-13-12-9(19-10)11-8(16)6-3-1-2-4-17-6/h6H,1-5H2,(H,14,15)(H,11,12,16). The third-order valence-corrected chi connectivity index (χ3v) is 5.76. The average Bonchev–Trinajstić information content (AvgIpc) is 2.85. The van der Waals surface area contributed by atoms with Gasteiger partial charge in [0.2, 0.25) is 11.0 Å². The second kappa shape index (κ2) is 7.11. The van der Waals surface area contributed by atoms with Gasteiger partial charge in [-0.3, -0.25) is 14.9 Å². The van der Waals surface area contributed by atoms with Gasteiger partial charge in [0, 0.05) is 0 Å². The normalized spacial score (nSPS) is 19.1. The number of carbonyl (C=O) groups excluding carboxylic acids is 1. The molecule has 9 heteroatoms. The molecule has 2 N–H and O–H groups in total. The molecule has 0 aliphatic carbocycles. The van der Waals surface area contributed by atoms with Gasteiger partial charge in [-0.25, -0.2) is 0 Å². The van der Waals surface area contributed by atoms with Crippen LogP contribution in [-0.2, 0) is 9.59 Å². The fourth-order valence-electron chi connectivity index (χ4n) is 1.58. The zero-order chi connectivity index (χ0) is 13.7. The van der Waals surface area contributed by atoms with Crippen LogP contribution in [0, 0.1) is 0 Å². The second-order valence-corrected chi connectivity index (χ2v) is 7.41. The second-order valence-electron chi connectivity index (χ2n) is 3.90. The van der Waals surface area contributed by atoms with E-state index < -0.39 is 5.97 Å². The Hall–Kier alpha value is -0.800. The third-order valence-electron chi connectivity index (χ3n) is 2.43. The Labute approximate surface area is 122 Å². The van der Waals surface area contributed by atoms with Crippen molar-refractivity contribution >= 4 is 51.9 Å². The fourth-order valence-corrected chi connectivity index (χ4v) is 4.25. The molecule has 1 atom stereocenters. The maximum atomic E-state index is 11.9. The highest BCUT2D eigenvalue weighted by Gasteiger charge is 2.22. The minimum absolute atomic E-state index is 0.00669. The van der Waals surface area contributed by atoms with E-state index in [4.69, 9.17) is 5.11 Å². The molecule has 1 unspecified atom stereocenters. The topological polar surface area (TPSA) is 92.2 Å². The molecule has 1 fully saturated rings. The fraction of sp³-hybridized carbons (Fsp3) is 0.600. The van der Waals surface area contributed by atoms with Gasteiger partial charge >= 0.3 is 5.97 Å². The van der Waals surface area contributed by atoms with Crippen molar-refractivity contribution in [3.8, 4) is 0 Å². The molecule has 0 aromatic carbocycles. The molecule has 1 saturated heterocycles. The molecule has 1 amide bonds. The number of carboxylic acids is 1. The number of aliphatic carboxylic acids is 1. The molecule has 2 rings (SSSR count). The Balaban J connectivity index is 1.84. The van der Waals surface area contributed by atoms with Crippen LogP contribution in [0.5, 0.6) is 0 Å². The molecular weight excluding hydrogens is 306 g/mol. The van der Waals surface area contributed by atoms with E-state index in [1.807, 2.05) is 0 Å². The molecule has 1 aromatic heterocycles. The summed E-state index contributed by atoms with van der Waals surface area (Å²) in [5, 5.41) is 19.4. The van der Waals surface area contributed by atoms with Crippen LogP contribution in [-0.4, -0.2) is 43.9 Å². The summed E-state index contributed by atoms with van der Waals surface area (Å²) >= 11 is 3.98. The number of nitrogens with zero attached hydrogens (tertiary/aromatic N) is 2. The van der Waals surface area contributed by atoms with Gasteiger partial charge in [0.05, 0.1) is 11.0 Å². The maximum Gasteiger partial charge on any atom is 0.313 e. The lowest BCUT2D eigenvalue weighted by Crippen LogP contribution is -2.27. The van der Waals surface area contributed by atoms with E-state index in [1.165, 1.54) is 17.8 Å². The van der Waals surface area contributed by atoms with E-state index in [0.29, 0.717) is 9.47 Å². The number of carbonyl (C=O) groups is 2. The van der Waals surface area contributed by atoms with Gasteiger partial charge in [0.1, 0.15) is 0 Å². The summed E-state index contributed by atoms with van der Waals surface area (Å²) in [6.45, 7) is 0. The van der Waals surface area contributed by atoms with Crippen molar-refractivity contribution in [2.75, 3.05) is 16.8 Å². The number of rotatable bonds is 5. The summed E-state index contributed by atoms with van der Waals surface area (Å²) in [6, 6.07) is 0. The predicted octanol–water partition coefficient (Wildman–Crippen LogP) is 1.94. The van der Waals surface area contributed by atoms with Crippen molar-refractivity contribution in [3.05, 3.63) is 0 Å². The van der Waals surface area contributed by atoms with Crippen LogP contribution in [0.15, 0.2) is 4.34 Å². The molecule has 1 aliphatic rings. The lowest BCUT2D eigenvalue weighted by atomic mass is 10.2. The summed E-state index contributed by atoms with van der Waals surface area (Å²) in [4.78, 5) is 22.4. The highest BCUT2D eigenvalue weighted by Crippen LogP contribution is 2.28. The van der Waals surface area contributed by atoms with Crippen molar-refractivity contribution in [1.82, 2.24) is 10.2 Å². The van der Waals surface area contributed by atoms with Gasteiger partial charge in [-0.15, -0.1) is 22.0 Å². The summed E-state index contributed by atoms with van der Waals surface area (Å²) in [5.74, 6) is 0.0367.